The Balaban J connectivity index is 1.63. The molecule has 0 saturated heterocycles. The van der Waals surface area contributed by atoms with E-state index in [0.717, 1.165) is 30.6 Å². The first-order valence-corrected chi connectivity index (χ1v) is 6.46. The largest absolute Gasteiger partial charge is 0.455 e. The molecule has 0 aromatic carbocycles. The second-order valence-corrected chi connectivity index (χ2v) is 6.55. The Morgan fingerprint density at radius 2 is 2.00 bits per heavy atom. The van der Waals surface area contributed by atoms with Gasteiger partial charge in [0.1, 0.15) is 5.60 Å². The van der Waals surface area contributed by atoms with Gasteiger partial charge in [0.05, 0.1) is 0 Å². The lowest BCUT2D eigenvalue weighted by Gasteiger charge is -2.60. The summed E-state index contributed by atoms with van der Waals surface area (Å²) in [5.74, 6) is 2.43. The molecule has 16 heavy (non-hydrogen) atoms. The summed E-state index contributed by atoms with van der Waals surface area (Å²) in [5, 5.41) is 0. The fourth-order valence-corrected chi connectivity index (χ4v) is 5.24. The van der Waals surface area contributed by atoms with Crippen LogP contribution in [0.2, 0.25) is 0 Å². The van der Waals surface area contributed by atoms with Gasteiger partial charge in [0.2, 0.25) is 0 Å². The van der Waals surface area contributed by atoms with Crippen LogP contribution < -0.4 is 0 Å². The summed E-state index contributed by atoms with van der Waals surface area (Å²) < 4.78 is 5.80. The molecule has 4 bridgehead atoms. The lowest BCUT2D eigenvalue weighted by molar-refractivity contribution is -0.182. The van der Waals surface area contributed by atoms with Gasteiger partial charge in [-0.25, -0.2) is 4.79 Å². The third-order valence-electron chi connectivity index (χ3n) is 5.82. The summed E-state index contributed by atoms with van der Waals surface area (Å²) >= 11 is 0. The van der Waals surface area contributed by atoms with Crippen molar-refractivity contribution in [1.82, 2.24) is 0 Å². The monoisotopic (exact) mass is 218 g/mol. The highest BCUT2D eigenvalue weighted by atomic mass is 16.6. The van der Waals surface area contributed by atoms with Gasteiger partial charge in [-0.1, -0.05) is 6.58 Å². The Labute approximate surface area is 96.0 Å². The SMILES string of the molecule is C=C(C)C(=O)OC12CC3CC4CC(C3)C41C2. The van der Waals surface area contributed by atoms with Crippen LogP contribution >= 0.6 is 0 Å². The van der Waals surface area contributed by atoms with Crippen molar-refractivity contribution in [3.8, 4) is 0 Å². The molecule has 2 heteroatoms. The molecular weight excluding hydrogens is 200 g/mol. The van der Waals surface area contributed by atoms with E-state index in [1.54, 1.807) is 6.92 Å². The van der Waals surface area contributed by atoms with Crippen molar-refractivity contribution in [1.29, 1.82) is 0 Å². The Kier molecular flexibility index (Phi) is 1.38. The molecule has 3 atom stereocenters. The first kappa shape index (κ1) is 9.26. The summed E-state index contributed by atoms with van der Waals surface area (Å²) in [6, 6.07) is 0. The summed E-state index contributed by atoms with van der Waals surface area (Å²) in [4.78, 5) is 11.7. The van der Waals surface area contributed by atoms with Crippen molar-refractivity contribution in [3.05, 3.63) is 12.2 Å². The molecule has 2 nitrogen and oxygen atoms in total. The molecule has 0 heterocycles. The fraction of sp³-hybridized carbons (Fsp3) is 0.786. The maximum Gasteiger partial charge on any atom is 0.333 e. The van der Waals surface area contributed by atoms with Crippen LogP contribution in [0.5, 0.6) is 0 Å². The van der Waals surface area contributed by atoms with Crippen LogP contribution in [-0.2, 0) is 9.53 Å². The second-order valence-electron chi connectivity index (χ2n) is 6.55. The number of ether oxygens (including phenoxy) is 1. The molecule has 3 unspecified atom stereocenters. The predicted octanol–water partition coefficient (Wildman–Crippen LogP) is 2.68. The molecule has 86 valence electrons. The van der Waals surface area contributed by atoms with Crippen molar-refractivity contribution in [2.75, 3.05) is 0 Å². The van der Waals surface area contributed by atoms with Gasteiger partial charge in [-0.15, -0.1) is 0 Å². The van der Waals surface area contributed by atoms with E-state index in [1.165, 1.54) is 19.3 Å². The quantitative estimate of drug-likeness (QED) is 0.526. The zero-order chi connectivity index (χ0) is 11.1. The number of carbonyl (C=O) groups excluding carboxylic acids is 1. The van der Waals surface area contributed by atoms with Crippen molar-refractivity contribution < 1.29 is 9.53 Å². The highest BCUT2D eigenvalue weighted by Gasteiger charge is 2.85. The minimum absolute atomic E-state index is 0.0439. The molecule has 1 spiro atoms. The van der Waals surface area contributed by atoms with Crippen LogP contribution in [0.15, 0.2) is 12.2 Å². The van der Waals surface area contributed by atoms with Gasteiger partial charge >= 0.3 is 5.97 Å². The molecule has 0 N–H and O–H groups in total. The Bertz CT molecular complexity index is 399. The number of esters is 1. The first-order valence-electron chi connectivity index (χ1n) is 6.46. The number of rotatable bonds is 2. The zero-order valence-corrected chi connectivity index (χ0v) is 9.79. The van der Waals surface area contributed by atoms with Crippen molar-refractivity contribution in [2.45, 2.75) is 44.6 Å². The minimum atomic E-state index is -0.163. The molecule has 6 fully saturated rings. The van der Waals surface area contributed by atoms with E-state index in [2.05, 4.69) is 6.58 Å². The van der Waals surface area contributed by atoms with Crippen molar-refractivity contribution >= 4 is 5.97 Å². The molecule has 0 radical (unpaired) electrons. The molecule has 6 rings (SSSR count). The third kappa shape index (κ3) is 0.781. The average molecular weight is 218 g/mol. The normalized spacial score (nSPS) is 54.9. The average Bonchev–Trinajstić information content (AvgIpc) is 2.91. The standard InChI is InChI=1S/C14H18O2/c1-8(2)12(15)16-13-6-9-3-10-5-11(4-9)14(10,13)7-13/h9-11H,1,3-7H2,2H3. The maximum absolute atomic E-state index is 11.7. The minimum Gasteiger partial charge on any atom is -0.455 e. The Morgan fingerprint density at radius 1 is 1.31 bits per heavy atom. The van der Waals surface area contributed by atoms with Crippen LogP contribution in [0.3, 0.4) is 0 Å². The number of hydrogen-bond acceptors (Lipinski definition) is 2. The molecule has 0 aromatic heterocycles. The number of carbonyl (C=O) groups is 1. The van der Waals surface area contributed by atoms with Crippen LogP contribution in [0, 0.1) is 23.2 Å². The highest BCUT2D eigenvalue weighted by Crippen LogP contribution is 2.85. The van der Waals surface area contributed by atoms with E-state index in [-0.39, 0.29) is 11.6 Å². The van der Waals surface area contributed by atoms with Crippen molar-refractivity contribution in [2.24, 2.45) is 23.2 Å². The lowest BCUT2D eigenvalue weighted by atomic mass is 9.46. The van der Waals surface area contributed by atoms with Gasteiger partial charge in [0.15, 0.2) is 0 Å². The summed E-state index contributed by atoms with van der Waals surface area (Å²) in [5.41, 5.74) is 0.941. The van der Waals surface area contributed by atoms with E-state index in [1.807, 2.05) is 0 Å². The van der Waals surface area contributed by atoms with E-state index >= 15 is 0 Å². The van der Waals surface area contributed by atoms with E-state index < -0.39 is 0 Å². The first-order chi connectivity index (χ1) is 7.57. The van der Waals surface area contributed by atoms with Crippen LogP contribution in [-0.4, -0.2) is 11.6 Å². The Morgan fingerprint density at radius 3 is 2.62 bits per heavy atom. The van der Waals surface area contributed by atoms with Gasteiger partial charge in [0.25, 0.3) is 0 Å². The van der Waals surface area contributed by atoms with Crippen molar-refractivity contribution in [3.63, 3.8) is 0 Å². The summed E-state index contributed by atoms with van der Waals surface area (Å²) in [6.07, 6.45) is 6.51. The molecular formula is C14H18O2. The molecule has 6 saturated carbocycles. The smallest absolute Gasteiger partial charge is 0.333 e. The zero-order valence-electron chi connectivity index (χ0n) is 9.79. The molecule has 0 aliphatic heterocycles. The molecule has 6 aliphatic rings. The molecule has 0 aromatic rings. The van der Waals surface area contributed by atoms with Gasteiger partial charge in [-0.3, -0.25) is 0 Å². The fourth-order valence-electron chi connectivity index (χ4n) is 5.24. The topological polar surface area (TPSA) is 26.3 Å². The van der Waals surface area contributed by atoms with E-state index in [9.17, 15) is 4.79 Å². The number of hydrogen-bond donors (Lipinski definition) is 0. The summed E-state index contributed by atoms with van der Waals surface area (Å²) in [6.45, 7) is 5.43. The molecule has 0 amide bonds. The molecule has 6 aliphatic carbocycles. The van der Waals surface area contributed by atoms with E-state index in [4.69, 9.17) is 4.74 Å². The second kappa shape index (κ2) is 2.39. The van der Waals surface area contributed by atoms with Crippen LogP contribution in [0.1, 0.15) is 39.0 Å². The van der Waals surface area contributed by atoms with Crippen LogP contribution in [0.25, 0.3) is 0 Å². The lowest BCUT2D eigenvalue weighted by Crippen LogP contribution is -2.56. The van der Waals surface area contributed by atoms with E-state index in [0.29, 0.717) is 11.0 Å². The summed E-state index contributed by atoms with van der Waals surface area (Å²) in [7, 11) is 0. The predicted molar refractivity (Wildman–Crippen MR) is 59.6 cm³/mol. The third-order valence-corrected chi connectivity index (χ3v) is 5.82. The van der Waals surface area contributed by atoms with Gasteiger partial charge in [-0.2, -0.15) is 0 Å². The maximum atomic E-state index is 11.7. The van der Waals surface area contributed by atoms with Gasteiger partial charge in [-0.05, 0) is 56.8 Å². The highest BCUT2D eigenvalue weighted by molar-refractivity contribution is 5.87. The Hall–Kier alpha value is -0.790. The van der Waals surface area contributed by atoms with Gasteiger partial charge in [0, 0.05) is 11.0 Å². The van der Waals surface area contributed by atoms with Crippen LogP contribution in [0.4, 0.5) is 0 Å². The van der Waals surface area contributed by atoms with Gasteiger partial charge < -0.3 is 4.74 Å².